The minimum atomic E-state index is 0.621. The number of aryl methyl sites for hydroxylation is 1. The summed E-state index contributed by atoms with van der Waals surface area (Å²) in [6, 6.07) is 15.8. The number of pyridine rings is 1. The second-order valence-electron chi connectivity index (χ2n) is 3.81. The van der Waals surface area contributed by atoms with Crippen molar-refractivity contribution in [2.24, 2.45) is 0 Å². The van der Waals surface area contributed by atoms with Crippen molar-refractivity contribution in [3.05, 3.63) is 53.7 Å². The molecule has 2 rings (SSSR count). The molecule has 0 bridgehead atoms. The van der Waals surface area contributed by atoms with E-state index in [-0.39, 0.29) is 0 Å². The third-order valence-corrected chi connectivity index (χ3v) is 2.68. The molecule has 3 heteroatoms. The Morgan fingerprint density at radius 2 is 1.82 bits per heavy atom. The van der Waals surface area contributed by atoms with Crippen molar-refractivity contribution in [1.82, 2.24) is 4.98 Å². The van der Waals surface area contributed by atoms with Gasteiger partial charge in [0.1, 0.15) is 11.9 Å². The molecule has 0 saturated carbocycles. The van der Waals surface area contributed by atoms with Crippen molar-refractivity contribution in [2.45, 2.75) is 6.92 Å². The quantitative estimate of drug-likeness (QED) is 0.785. The molecular formula is C14H13N3. The van der Waals surface area contributed by atoms with Crippen LogP contribution in [0.3, 0.4) is 0 Å². The van der Waals surface area contributed by atoms with Crippen LogP contribution >= 0.6 is 0 Å². The van der Waals surface area contributed by atoms with Crippen LogP contribution in [0.4, 0.5) is 11.5 Å². The number of benzene rings is 1. The molecule has 0 atom stereocenters. The highest BCUT2D eigenvalue weighted by Gasteiger charge is 2.06. The van der Waals surface area contributed by atoms with Crippen LogP contribution in [-0.2, 0) is 0 Å². The fourth-order valence-corrected chi connectivity index (χ4v) is 1.64. The molecule has 0 N–H and O–H groups in total. The lowest BCUT2D eigenvalue weighted by Crippen LogP contribution is -2.11. The van der Waals surface area contributed by atoms with E-state index in [4.69, 9.17) is 5.26 Å². The zero-order valence-electron chi connectivity index (χ0n) is 9.88. The van der Waals surface area contributed by atoms with Gasteiger partial charge in [0.05, 0.1) is 11.3 Å². The second-order valence-corrected chi connectivity index (χ2v) is 3.81. The lowest BCUT2D eigenvalue weighted by Gasteiger charge is -2.18. The SMILES string of the molecule is Cc1nc(N(C)c2ccccc2)ccc1C#N. The van der Waals surface area contributed by atoms with Gasteiger partial charge in [0, 0.05) is 12.7 Å². The van der Waals surface area contributed by atoms with Gasteiger partial charge in [0.2, 0.25) is 0 Å². The highest BCUT2D eigenvalue weighted by Crippen LogP contribution is 2.21. The number of nitriles is 1. The molecule has 17 heavy (non-hydrogen) atoms. The Kier molecular flexibility index (Phi) is 3.06. The first-order chi connectivity index (χ1) is 8.22. The predicted octanol–water partition coefficient (Wildman–Crippen LogP) is 3.03. The number of anilines is 2. The molecule has 0 saturated heterocycles. The minimum Gasteiger partial charge on any atom is -0.329 e. The maximum absolute atomic E-state index is 8.86. The van der Waals surface area contributed by atoms with E-state index in [0.717, 1.165) is 17.2 Å². The number of nitrogens with zero attached hydrogens (tertiary/aromatic N) is 3. The average Bonchev–Trinajstić information content (AvgIpc) is 2.39. The molecule has 0 aliphatic rings. The summed E-state index contributed by atoms with van der Waals surface area (Å²) in [7, 11) is 1.96. The molecule has 0 fully saturated rings. The molecule has 0 spiro atoms. The Labute approximate surface area is 101 Å². The van der Waals surface area contributed by atoms with Crippen molar-refractivity contribution >= 4 is 11.5 Å². The largest absolute Gasteiger partial charge is 0.329 e. The van der Waals surface area contributed by atoms with E-state index in [1.54, 1.807) is 6.07 Å². The van der Waals surface area contributed by atoms with Gasteiger partial charge in [-0.3, -0.25) is 0 Å². The number of hydrogen-bond donors (Lipinski definition) is 0. The van der Waals surface area contributed by atoms with E-state index in [1.807, 2.05) is 55.3 Å². The Balaban J connectivity index is 2.36. The topological polar surface area (TPSA) is 39.9 Å². The fraction of sp³-hybridized carbons (Fsp3) is 0.143. The van der Waals surface area contributed by atoms with Crippen LogP contribution in [0.1, 0.15) is 11.3 Å². The van der Waals surface area contributed by atoms with Gasteiger partial charge in [-0.2, -0.15) is 5.26 Å². The average molecular weight is 223 g/mol. The van der Waals surface area contributed by atoms with Crippen molar-refractivity contribution in [3.63, 3.8) is 0 Å². The third kappa shape index (κ3) is 2.26. The summed E-state index contributed by atoms with van der Waals surface area (Å²) < 4.78 is 0. The van der Waals surface area contributed by atoms with E-state index < -0.39 is 0 Å². The van der Waals surface area contributed by atoms with Gasteiger partial charge < -0.3 is 4.90 Å². The number of para-hydroxylation sites is 1. The van der Waals surface area contributed by atoms with E-state index in [0.29, 0.717) is 5.56 Å². The standard InChI is InChI=1S/C14H13N3/c1-11-12(10-15)8-9-14(16-11)17(2)13-6-4-3-5-7-13/h3-9H,1-2H3. The van der Waals surface area contributed by atoms with Crippen LogP contribution in [0, 0.1) is 18.3 Å². The van der Waals surface area contributed by atoms with Crippen LogP contribution in [-0.4, -0.2) is 12.0 Å². The molecule has 3 nitrogen and oxygen atoms in total. The molecule has 0 unspecified atom stereocenters. The fourth-order valence-electron chi connectivity index (χ4n) is 1.64. The van der Waals surface area contributed by atoms with Crippen molar-refractivity contribution in [3.8, 4) is 6.07 Å². The molecule has 1 aromatic carbocycles. The van der Waals surface area contributed by atoms with Gasteiger partial charge in [-0.1, -0.05) is 18.2 Å². The number of rotatable bonds is 2. The number of aromatic nitrogens is 1. The van der Waals surface area contributed by atoms with Crippen molar-refractivity contribution in [1.29, 1.82) is 5.26 Å². The van der Waals surface area contributed by atoms with Crippen LogP contribution in [0.2, 0.25) is 0 Å². The summed E-state index contributed by atoms with van der Waals surface area (Å²) in [6.45, 7) is 1.85. The van der Waals surface area contributed by atoms with Gasteiger partial charge >= 0.3 is 0 Å². The highest BCUT2D eigenvalue weighted by atomic mass is 15.2. The van der Waals surface area contributed by atoms with Crippen LogP contribution < -0.4 is 4.90 Å². The van der Waals surface area contributed by atoms with Gasteiger partial charge in [-0.25, -0.2) is 4.98 Å². The van der Waals surface area contributed by atoms with Crippen LogP contribution in [0.15, 0.2) is 42.5 Å². The Morgan fingerprint density at radius 1 is 1.12 bits per heavy atom. The normalized spacial score (nSPS) is 9.71. The monoisotopic (exact) mass is 223 g/mol. The summed E-state index contributed by atoms with van der Waals surface area (Å²) in [4.78, 5) is 6.42. The lowest BCUT2D eigenvalue weighted by atomic mass is 10.2. The summed E-state index contributed by atoms with van der Waals surface area (Å²) in [6.07, 6.45) is 0. The van der Waals surface area contributed by atoms with Gasteiger partial charge in [0.25, 0.3) is 0 Å². The first-order valence-corrected chi connectivity index (χ1v) is 5.39. The summed E-state index contributed by atoms with van der Waals surface area (Å²) in [5.74, 6) is 0.840. The maximum atomic E-state index is 8.86. The summed E-state index contributed by atoms with van der Waals surface area (Å²) in [5.41, 5.74) is 2.45. The van der Waals surface area contributed by atoms with E-state index >= 15 is 0 Å². The smallest absolute Gasteiger partial charge is 0.133 e. The van der Waals surface area contributed by atoms with Crippen molar-refractivity contribution < 1.29 is 0 Å². The Hall–Kier alpha value is -2.34. The Bertz CT molecular complexity index is 555. The molecule has 0 amide bonds. The molecule has 2 aromatic rings. The molecule has 1 aromatic heterocycles. The van der Waals surface area contributed by atoms with Crippen LogP contribution in [0.5, 0.6) is 0 Å². The first-order valence-electron chi connectivity index (χ1n) is 5.39. The predicted molar refractivity (Wildman–Crippen MR) is 68.2 cm³/mol. The van der Waals surface area contributed by atoms with E-state index in [1.165, 1.54) is 0 Å². The zero-order chi connectivity index (χ0) is 12.3. The molecule has 1 heterocycles. The molecule has 84 valence electrons. The molecule has 0 aliphatic carbocycles. The Morgan fingerprint density at radius 3 is 2.41 bits per heavy atom. The van der Waals surface area contributed by atoms with Crippen molar-refractivity contribution in [2.75, 3.05) is 11.9 Å². The lowest BCUT2D eigenvalue weighted by molar-refractivity contribution is 1.08. The van der Waals surface area contributed by atoms with Crippen LogP contribution in [0.25, 0.3) is 0 Å². The summed E-state index contributed by atoms with van der Waals surface area (Å²) in [5, 5.41) is 8.86. The maximum Gasteiger partial charge on any atom is 0.133 e. The van der Waals surface area contributed by atoms with E-state index in [9.17, 15) is 0 Å². The first kappa shape index (κ1) is 11.2. The molecule has 0 radical (unpaired) electrons. The third-order valence-electron chi connectivity index (χ3n) is 2.68. The second kappa shape index (κ2) is 4.67. The van der Waals surface area contributed by atoms with Gasteiger partial charge in [-0.15, -0.1) is 0 Å². The minimum absolute atomic E-state index is 0.621. The zero-order valence-corrected chi connectivity index (χ0v) is 9.88. The van der Waals surface area contributed by atoms with Gasteiger partial charge in [0.15, 0.2) is 0 Å². The van der Waals surface area contributed by atoms with Gasteiger partial charge in [-0.05, 0) is 31.2 Å². The molecular weight excluding hydrogens is 210 g/mol. The summed E-state index contributed by atoms with van der Waals surface area (Å²) >= 11 is 0. The molecule has 0 aliphatic heterocycles. The number of hydrogen-bond acceptors (Lipinski definition) is 3. The highest BCUT2D eigenvalue weighted by molar-refractivity contribution is 5.59. The van der Waals surface area contributed by atoms with E-state index in [2.05, 4.69) is 11.1 Å².